The predicted molar refractivity (Wildman–Crippen MR) is 69.8 cm³/mol. The molecule has 0 unspecified atom stereocenters. The molecule has 18 heavy (non-hydrogen) atoms. The first-order valence-electron chi connectivity index (χ1n) is 6.09. The monoisotopic (exact) mass is 248 g/mol. The summed E-state index contributed by atoms with van der Waals surface area (Å²) in [5, 5.41) is 9.10. The molecule has 0 aliphatic carbocycles. The standard InChI is InChI=1S/C15H17FO2/c1-11(4-6-13-3-2-8-18-13)9-12-5-7-15(17)14(16)10-12/h2-3,5,7,9-10,13,17H,4,6,8H2,1H3/b11-9+/t13-/m0/s1. The van der Waals surface area contributed by atoms with Crippen molar-refractivity contribution in [3.8, 4) is 5.75 Å². The van der Waals surface area contributed by atoms with Gasteiger partial charge in [0.15, 0.2) is 11.6 Å². The third-order valence-corrected chi connectivity index (χ3v) is 2.97. The second-order valence-corrected chi connectivity index (χ2v) is 4.54. The summed E-state index contributed by atoms with van der Waals surface area (Å²) in [4.78, 5) is 0. The Bertz CT molecular complexity index is 477. The molecule has 1 aromatic carbocycles. The van der Waals surface area contributed by atoms with E-state index in [0.717, 1.165) is 18.4 Å². The average Bonchev–Trinajstić information content (AvgIpc) is 2.84. The zero-order chi connectivity index (χ0) is 13.0. The number of hydrogen-bond acceptors (Lipinski definition) is 2. The van der Waals surface area contributed by atoms with E-state index >= 15 is 0 Å². The van der Waals surface area contributed by atoms with E-state index in [9.17, 15) is 4.39 Å². The molecular formula is C15H17FO2. The van der Waals surface area contributed by atoms with Crippen LogP contribution in [-0.4, -0.2) is 17.8 Å². The average molecular weight is 248 g/mol. The van der Waals surface area contributed by atoms with Crippen LogP contribution in [0.5, 0.6) is 5.75 Å². The number of halogens is 1. The van der Waals surface area contributed by atoms with E-state index < -0.39 is 5.82 Å². The van der Waals surface area contributed by atoms with Crippen LogP contribution in [0.25, 0.3) is 6.08 Å². The summed E-state index contributed by atoms with van der Waals surface area (Å²) in [6.45, 7) is 2.72. The summed E-state index contributed by atoms with van der Waals surface area (Å²) in [7, 11) is 0. The lowest BCUT2D eigenvalue weighted by atomic mass is 10.1. The van der Waals surface area contributed by atoms with Crippen LogP contribution in [-0.2, 0) is 4.74 Å². The molecule has 0 aromatic heterocycles. The van der Waals surface area contributed by atoms with Gasteiger partial charge in [-0.3, -0.25) is 0 Å². The van der Waals surface area contributed by atoms with Crippen LogP contribution < -0.4 is 0 Å². The molecule has 2 rings (SSSR count). The molecule has 0 saturated carbocycles. The van der Waals surface area contributed by atoms with Crippen molar-refractivity contribution in [2.75, 3.05) is 6.61 Å². The zero-order valence-corrected chi connectivity index (χ0v) is 10.4. The summed E-state index contributed by atoms with van der Waals surface area (Å²) in [6.07, 6.45) is 8.11. The van der Waals surface area contributed by atoms with Crippen molar-refractivity contribution in [3.05, 3.63) is 47.3 Å². The minimum absolute atomic E-state index is 0.213. The van der Waals surface area contributed by atoms with Gasteiger partial charge in [-0.15, -0.1) is 0 Å². The molecule has 0 radical (unpaired) electrons. The van der Waals surface area contributed by atoms with Crippen LogP contribution in [0.2, 0.25) is 0 Å². The number of phenols is 1. The van der Waals surface area contributed by atoms with Crippen molar-refractivity contribution < 1.29 is 14.2 Å². The molecule has 0 bridgehead atoms. The van der Waals surface area contributed by atoms with Gasteiger partial charge < -0.3 is 9.84 Å². The van der Waals surface area contributed by atoms with E-state index in [0.29, 0.717) is 6.61 Å². The SMILES string of the molecule is C/C(=C\c1ccc(O)c(F)c1)CC[C@@H]1C=CCO1. The van der Waals surface area contributed by atoms with E-state index in [2.05, 4.69) is 6.08 Å². The molecule has 0 amide bonds. The second-order valence-electron chi connectivity index (χ2n) is 4.54. The van der Waals surface area contributed by atoms with Gasteiger partial charge in [0.1, 0.15) is 0 Å². The maximum absolute atomic E-state index is 13.2. The molecule has 0 spiro atoms. The van der Waals surface area contributed by atoms with Gasteiger partial charge in [0.25, 0.3) is 0 Å². The fraction of sp³-hybridized carbons (Fsp3) is 0.333. The minimum atomic E-state index is -0.585. The topological polar surface area (TPSA) is 29.5 Å². The maximum atomic E-state index is 13.2. The number of benzene rings is 1. The predicted octanol–water partition coefficient (Wildman–Crippen LogP) is 3.67. The number of ether oxygens (including phenoxy) is 1. The molecule has 1 N–H and O–H groups in total. The number of phenolic OH excluding ortho intramolecular Hbond substituents is 1. The second kappa shape index (κ2) is 5.83. The number of hydrogen-bond donors (Lipinski definition) is 1. The van der Waals surface area contributed by atoms with E-state index in [1.54, 1.807) is 6.07 Å². The Morgan fingerprint density at radius 3 is 3.06 bits per heavy atom. The Kier molecular flexibility index (Phi) is 4.15. The highest BCUT2D eigenvalue weighted by Crippen LogP contribution is 2.20. The first kappa shape index (κ1) is 12.8. The molecule has 3 heteroatoms. The molecule has 1 aliphatic rings. The highest BCUT2D eigenvalue weighted by molar-refractivity contribution is 5.53. The largest absolute Gasteiger partial charge is 0.505 e. The van der Waals surface area contributed by atoms with Gasteiger partial charge in [0.2, 0.25) is 0 Å². The molecule has 2 nitrogen and oxygen atoms in total. The Labute approximate surface area is 106 Å². The molecular weight excluding hydrogens is 231 g/mol. The summed E-state index contributed by atoms with van der Waals surface area (Å²) in [5.41, 5.74) is 1.94. The number of allylic oxidation sites excluding steroid dienone is 1. The fourth-order valence-electron chi connectivity index (χ4n) is 1.96. The van der Waals surface area contributed by atoms with E-state index in [1.165, 1.54) is 17.7 Å². The lowest BCUT2D eigenvalue weighted by molar-refractivity contribution is 0.122. The van der Waals surface area contributed by atoms with Crippen LogP contribution in [0, 0.1) is 5.82 Å². The van der Waals surface area contributed by atoms with Gasteiger partial charge >= 0.3 is 0 Å². The molecule has 1 heterocycles. The third kappa shape index (κ3) is 3.44. The van der Waals surface area contributed by atoms with E-state index in [4.69, 9.17) is 9.84 Å². The minimum Gasteiger partial charge on any atom is -0.505 e. The van der Waals surface area contributed by atoms with Crippen LogP contribution in [0.1, 0.15) is 25.3 Å². The van der Waals surface area contributed by atoms with Gasteiger partial charge in [0, 0.05) is 0 Å². The summed E-state index contributed by atoms with van der Waals surface area (Å²) in [6, 6.07) is 4.41. The Hall–Kier alpha value is -1.61. The van der Waals surface area contributed by atoms with Crippen LogP contribution in [0.4, 0.5) is 4.39 Å². The smallest absolute Gasteiger partial charge is 0.165 e. The van der Waals surface area contributed by atoms with Gasteiger partial charge in [-0.25, -0.2) is 4.39 Å². The number of aromatic hydroxyl groups is 1. The third-order valence-electron chi connectivity index (χ3n) is 2.97. The van der Waals surface area contributed by atoms with Crippen LogP contribution in [0.3, 0.4) is 0 Å². The normalized spacial score (nSPS) is 19.4. The zero-order valence-electron chi connectivity index (χ0n) is 10.4. The van der Waals surface area contributed by atoms with Crippen molar-refractivity contribution >= 4 is 6.08 Å². The first-order chi connectivity index (χ1) is 8.65. The van der Waals surface area contributed by atoms with E-state index in [1.807, 2.05) is 19.1 Å². The highest BCUT2D eigenvalue weighted by Gasteiger charge is 2.09. The van der Waals surface area contributed by atoms with Crippen LogP contribution in [0.15, 0.2) is 35.9 Å². The molecule has 0 fully saturated rings. The lowest BCUT2D eigenvalue weighted by Crippen LogP contribution is -2.03. The van der Waals surface area contributed by atoms with Crippen molar-refractivity contribution in [1.82, 2.24) is 0 Å². The first-order valence-corrected chi connectivity index (χ1v) is 6.09. The van der Waals surface area contributed by atoms with E-state index in [-0.39, 0.29) is 11.9 Å². The molecule has 1 atom stereocenters. The van der Waals surface area contributed by atoms with Gasteiger partial charge in [-0.05, 0) is 37.5 Å². The van der Waals surface area contributed by atoms with Gasteiger partial charge in [-0.2, -0.15) is 0 Å². The van der Waals surface area contributed by atoms with Gasteiger partial charge in [0.05, 0.1) is 12.7 Å². The number of rotatable bonds is 4. The lowest BCUT2D eigenvalue weighted by Gasteiger charge is -2.08. The molecule has 1 aliphatic heterocycles. The molecule has 96 valence electrons. The van der Waals surface area contributed by atoms with Crippen LogP contribution >= 0.6 is 0 Å². The van der Waals surface area contributed by atoms with Crippen molar-refractivity contribution in [1.29, 1.82) is 0 Å². The highest BCUT2D eigenvalue weighted by atomic mass is 19.1. The molecule has 1 aromatic rings. The van der Waals surface area contributed by atoms with Gasteiger partial charge in [-0.1, -0.05) is 29.9 Å². The summed E-state index contributed by atoms with van der Waals surface area (Å²) >= 11 is 0. The van der Waals surface area contributed by atoms with Crippen molar-refractivity contribution in [3.63, 3.8) is 0 Å². The Morgan fingerprint density at radius 1 is 1.56 bits per heavy atom. The van der Waals surface area contributed by atoms with Crippen molar-refractivity contribution in [2.45, 2.75) is 25.9 Å². The Morgan fingerprint density at radius 2 is 2.39 bits per heavy atom. The fourth-order valence-corrected chi connectivity index (χ4v) is 1.96. The Balaban J connectivity index is 1.94. The summed E-state index contributed by atoms with van der Waals surface area (Å²) < 4.78 is 18.6. The quantitative estimate of drug-likeness (QED) is 0.824. The summed E-state index contributed by atoms with van der Waals surface area (Å²) in [5.74, 6) is -0.895. The maximum Gasteiger partial charge on any atom is 0.165 e. The van der Waals surface area contributed by atoms with Crippen molar-refractivity contribution in [2.24, 2.45) is 0 Å². The molecule has 0 saturated heterocycles.